The maximum atomic E-state index is 2.46. The van der Waals surface area contributed by atoms with E-state index in [1.54, 1.807) is 0 Å². The Hall–Kier alpha value is -6.90. The van der Waals surface area contributed by atoms with Gasteiger partial charge in [0.05, 0.1) is 16.7 Å². The molecule has 0 aliphatic heterocycles. The third kappa shape index (κ3) is 4.81. The summed E-state index contributed by atoms with van der Waals surface area (Å²) >= 11 is 0. The number of benzene rings is 9. The molecule has 0 spiro atoms. The Bertz CT molecular complexity index is 3110. The Morgan fingerprint density at radius 3 is 1.95 bits per heavy atom. The summed E-state index contributed by atoms with van der Waals surface area (Å²) in [5.74, 6) is 0. The normalized spacial score (nSPS) is 13.1. The molecule has 9 aromatic carbocycles. The largest absolute Gasteiger partial charge is 0.310 e. The quantitative estimate of drug-likeness (QED) is 0.162. The maximum Gasteiger partial charge on any atom is 0.0541 e. The zero-order valence-electron chi connectivity index (χ0n) is 30.9. The van der Waals surface area contributed by atoms with Gasteiger partial charge in [0.15, 0.2) is 0 Å². The fraction of sp³-hybridized carbons (Fsp3) is 0.0566. The zero-order valence-corrected chi connectivity index (χ0v) is 30.9. The van der Waals surface area contributed by atoms with Crippen LogP contribution in [0.4, 0.5) is 17.1 Å². The summed E-state index contributed by atoms with van der Waals surface area (Å²) in [5, 5.41) is 7.53. The van der Waals surface area contributed by atoms with E-state index in [0.717, 1.165) is 11.4 Å². The minimum Gasteiger partial charge on any atom is -0.310 e. The van der Waals surface area contributed by atoms with Crippen LogP contribution in [0, 0.1) is 0 Å². The lowest BCUT2D eigenvalue weighted by atomic mass is 9.82. The first-order valence-electron chi connectivity index (χ1n) is 19.2. The van der Waals surface area contributed by atoms with Crippen LogP contribution in [-0.2, 0) is 5.41 Å². The van der Waals surface area contributed by atoms with Gasteiger partial charge in [0.1, 0.15) is 0 Å². The first-order chi connectivity index (χ1) is 27.0. The second-order valence-corrected chi connectivity index (χ2v) is 15.4. The molecule has 0 saturated heterocycles. The number of nitrogens with zero attached hydrogens (tertiary/aromatic N) is 2. The molecule has 10 aromatic rings. The van der Waals surface area contributed by atoms with Crippen LogP contribution >= 0.6 is 0 Å². The van der Waals surface area contributed by atoms with E-state index < -0.39 is 0 Å². The second-order valence-electron chi connectivity index (χ2n) is 15.4. The summed E-state index contributed by atoms with van der Waals surface area (Å²) in [6.45, 7) is 4.72. The van der Waals surface area contributed by atoms with E-state index in [-0.39, 0.29) is 5.41 Å². The van der Waals surface area contributed by atoms with Crippen molar-refractivity contribution >= 4 is 60.4 Å². The van der Waals surface area contributed by atoms with Crippen LogP contribution in [0.25, 0.3) is 71.3 Å². The van der Waals surface area contributed by atoms with Crippen molar-refractivity contribution < 1.29 is 0 Å². The molecular formula is C53H38N2. The Kier molecular flexibility index (Phi) is 6.93. The molecule has 55 heavy (non-hydrogen) atoms. The number of rotatable bonds is 5. The Morgan fingerprint density at radius 1 is 0.400 bits per heavy atom. The van der Waals surface area contributed by atoms with Gasteiger partial charge in [0.25, 0.3) is 0 Å². The maximum absolute atomic E-state index is 2.46. The van der Waals surface area contributed by atoms with Crippen molar-refractivity contribution in [1.29, 1.82) is 0 Å². The van der Waals surface area contributed by atoms with Crippen molar-refractivity contribution in [2.75, 3.05) is 4.90 Å². The zero-order chi connectivity index (χ0) is 36.7. The molecule has 11 rings (SSSR count). The Balaban J connectivity index is 1.07. The van der Waals surface area contributed by atoms with E-state index in [4.69, 9.17) is 0 Å². The van der Waals surface area contributed by atoms with Crippen LogP contribution in [0.3, 0.4) is 0 Å². The van der Waals surface area contributed by atoms with Crippen LogP contribution in [0.5, 0.6) is 0 Å². The molecule has 1 heterocycles. The Morgan fingerprint density at radius 2 is 1.07 bits per heavy atom. The van der Waals surface area contributed by atoms with Gasteiger partial charge in [-0.15, -0.1) is 0 Å². The van der Waals surface area contributed by atoms with Crippen LogP contribution in [0.15, 0.2) is 194 Å². The molecule has 0 atom stereocenters. The predicted molar refractivity (Wildman–Crippen MR) is 233 cm³/mol. The summed E-state index contributed by atoms with van der Waals surface area (Å²) in [7, 11) is 0. The van der Waals surface area contributed by atoms with Gasteiger partial charge in [-0.2, -0.15) is 0 Å². The molecule has 0 radical (unpaired) electrons. The molecule has 2 nitrogen and oxygen atoms in total. The summed E-state index contributed by atoms with van der Waals surface area (Å²) < 4.78 is 2.37. The lowest BCUT2D eigenvalue weighted by Gasteiger charge is -2.29. The predicted octanol–water partition coefficient (Wildman–Crippen LogP) is 14.5. The van der Waals surface area contributed by atoms with Crippen LogP contribution in [0.2, 0.25) is 0 Å². The van der Waals surface area contributed by atoms with Gasteiger partial charge < -0.3 is 9.47 Å². The topological polar surface area (TPSA) is 8.17 Å². The van der Waals surface area contributed by atoms with Gasteiger partial charge in [0, 0.05) is 38.6 Å². The van der Waals surface area contributed by atoms with Crippen LogP contribution in [-0.4, -0.2) is 4.57 Å². The van der Waals surface area contributed by atoms with E-state index in [0.29, 0.717) is 0 Å². The molecule has 0 saturated carbocycles. The van der Waals surface area contributed by atoms with Gasteiger partial charge in [-0.3, -0.25) is 0 Å². The minimum absolute atomic E-state index is 0.102. The number of anilines is 3. The van der Waals surface area contributed by atoms with E-state index in [2.05, 4.69) is 217 Å². The average molecular weight is 703 g/mol. The smallest absolute Gasteiger partial charge is 0.0541 e. The molecule has 1 aromatic heterocycles. The fourth-order valence-corrected chi connectivity index (χ4v) is 9.29. The van der Waals surface area contributed by atoms with E-state index in [1.165, 1.54) is 88.1 Å². The molecule has 0 unspecified atom stereocenters. The highest BCUT2D eigenvalue weighted by Crippen LogP contribution is 2.51. The van der Waals surface area contributed by atoms with Crippen molar-refractivity contribution in [2.24, 2.45) is 0 Å². The van der Waals surface area contributed by atoms with Crippen LogP contribution in [0.1, 0.15) is 25.0 Å². The van der Waals surface area contributed by atoms with Gasteiger partial charge in [-0.25, -0.2) is 0 Å². The lowest BCUT2D eigenvalue weighted by Crippen LogP contribution is -2.16. The van der Waals surface area contributed by atoms with Crippen molar-refractivity contribution in [2.45, 2.75) is 19.3 Å². The highest BCUT2D eigenvalue weighted by molar-refractivity contribution is 6.13. The van der Waals surface area contributed by atoms with Gasteiger partial charge in [-0.05, 0) is 110 Å². The van der Waals surface area contributed by atoms with E-state index in [1.807, 2.05) is 0 Å². The lowest BCUT2D eigenvalue weighted by molar-refractivity contribution is 0.660. The minimum atomic E-state index is -0.102. The van der Waals surface area contributed by atoms with Crippen molar-refractivity contribution in [3.63, 3.8) is 0 Å². The number of fused-ring (bicyclic) bond motifs is 9. The monoisotopic (exact) mass is 702 g/mol. The highest BCUT2D eigenvalue weighted by Gasteiger charge is 2.35. The van der Waals surface area contributed by atoms with Crippen molar-refractivity contribution in [1.82, 2.24) is 4.57 Å². The van der Waals surface area contributed by atoms with Crippen LogP contribution < -0.4 is 4.90 Å². The van der Waals surface area contributed by atoms with E-state index >= 15 is 0 Å². The summed E-state index contributed by atoms with van der Waals surface area (Å²) in [6, 6.07) is 71.4. The van der Waals surface area contributed by atoms with E-state index in [9.17, 15) is 0 Å². The molecule has 0 amide bonds. The standard InChI is InChI=1S/C53H38N2/c1-53(2)48-20-10-8-17-43(48)44-31-29-40(34-49(44)53)54(50-22-12-19-42-41-16-7-6-13-36(41)25-30-46(42)50)39-27-23-35(24-28-39)37-26-32-52-47(33-37)45-18-9-11-21-51(45)55(52)38-14-4-3-5-15-38/h3-34H,1-2H3. The summed E-state index contributed by atoms with van der Waals surface area (Å²) in [5.41, 5.74) is 14.8. The first kappa shape index (κ1) is 31.6. The summed E-state index contributed by atoms with van der Waals surface area (Å²) in [4.78, 5) is 2.46. The molecule has 0 bridgehead atoms. The van der Waals surface area contributed by atoms with Gasteiger partial charge >= 0.3 is 0 Å². The molecule has 2 heteroatoms. The second kappa shape index (κ2) is 12.1. The fourth-order valence-electron chi connectivity index (χ4n) is 9.29. The number of hydrogen-bond acceptors (Lipinski definition) is 1. The number of aromatic nitrogens is 1. The molecule has 1 aliphatic rings. The third-order valence-electron chi connectivity index (χ3n) is 12.0. The first-order valence-corrected chi connectivity index (χ1v) is 19.2. The van der Waals surface area contributed by atoms with Gasteiger partial charge in [0.2, 0.25) is 0 Å². The Labute approximate surface area is 321 Å². The number of hydrogen-bond donors (Lipinski definition) is 0. The third-order valence-corrected chi connectivity index (χ3v) is 12.0. The number of para-hydroxylation sites is 2. The average Bonchev–Trinajstić information content (AvgIpc) is 3.69. The summed E-state index contributed by atoms with van der Waals surface area (Å²) in [6.07, 6.45) is 0. The SMILES string of the molecule is CC1(C)c2ccccc2-c2ccc(N(c3ccc(-c4ccc5c(c4)c4ccccc4n5-c4ccccc4)cc3)c3cccc4c3ccc3ccccc34)cc21. The molecule has 260 valence electrons. The molecule has 0 N–H and O–H groups in total. The van der Waals surface area contributed by atoms with Crippen molar-refractivity contribution in [3.05, 3.63) is 205 Å². The molecular weight excluding hydrogens is 665 g/mol. The molecule has 1 aliphatic carbocycles. The highest BCUT2D eigenvalue weighted by atomic mass is 15.1. The van der Waals surface area contributed by atoms with Gasteiger partial charge in [-0.1, -0.05) is 147 Å². The molecule has 0 fully saturated rings. The van der Waals surface area contributed by atoms with Crippen molar-refractivity contribution in [3.8, 4) is 27.9 Å².